The van der Waals surface area contributed by atoms with Crippen LogP contribution in [0.1, 0.15) is 24.2 Å². The van der Waals surface area contributed by atoms with Gasteiger partial charge in [0.05, 0.1) is 23.4 Å². The average molecular weight is 476 g/mol. The normalized spacial score (nSPS) is 19.6. The number of anilines is 1. The van der Waals surface area contributed by atoms with Gasteiger partial charge in [0.1, 0.15) is 4.90 Å². The molecule has 0 bridgehead atoms. The fraction of sp³-hybridized carbons (Fsp3) is 0.273. The minimum Gasteiger partial charge on any atom is -0.444 e. The lowest BCUT2D eigenvalue weighted by molar-refractivity contribution is -0.0440. The van der Waals surface area contributed by atoms with E-state index < -0.39 is 15.9 Å². The molecule has 1 fully saturated rings. The number of carbonyl (C=O) groups excluding carboxylic acids is 1. The van der Waals surface area contributed by atoms with Gasteiger partial charge in [-0.25, -0.2) is 13.4 Å². The van der Waals surface area contributed by atoms with E-state index in [1.165, 1.54) is 28.9 Å². The van der Waals surface area contributed by atoms with Gasteiger partial charge in [-0.2, -0.15) is 4.31 Å². The van der Waals surface area contributed by atoms with Crippen LogP contribution in [0, 0.1) is 0 Å². The summed E-state index contributed by atoms with van der Waals surface area (Å²) in [7, 11) is -3.90. The van der Waals surface area contributed by atoms with E-state index in [1.807, 2.05) is 19.9 Å². The Hall–Kier alpha value is -2.72. The summed E-state index contributed by atoms with van der Waals surface area (Å²) < 4.78 is 38.7. The summed E-state index contributed by atoms with van der Waals surface area (Å²) in [6.45, 7) is 4.06. The van der Waals surface area contributed by atoms with Crippen LogP contribution in [-0.2, 0) is 14.8 Å². The number of hydrogen-bond acceptors (Lipinski definition) is 6. The van der Waals surface area contributed by atoms with Crippen LogP contribution in [0.15, 0.2) is 64.4 Å². The fourth-order valence-electron chi connectivity index (χ4n) is 3.62. The number of halogens is 1. The molecule has 0 aliphatic carbocycles. The molecule has 168 valence electrons. The van der Waals surface area contributed by atoms with Crippen molar-refractivity contribution >= 4 is 33.2 Å². The second-order valence-electron chi connectivity index (χ2n) is 7.63. The first-order valence-electron chi connectivity index (χ1n) is 9.99. The molecule has 4 rings (SSSR count). The van der Waals surface area contributed by atoms with Gasteiger partial charge in [-0.1, -0.05) is 23.7 Å². The van der Waals surface area contributed by atoms with Gasteiger partial charge in [0.25, 0.3) is 5.91 Å². The van der Waals surface area contributed by atoms with E-state index in [-0.39, 0.29) is 40.8 Å². The highest BCUT2D eigenvalue weighted by Crippen LogP contribution is 2.29. The molecule has 0 unspecified atom stereocenters. The lowest BCUT2D eigenvalue weighted by Gasteiger charge is -2.34. The fourth-order valence-corrected chi connectivity index (χ4v) is 5.71. The Balaban J connectivity index is 1.59. The number of carbonyl (C=O) groups is 1. The molecule has 1 N–H and O–H groups in total. The number of ether oxygens (including phenoxy) is 1. The molecule has 1 aromatic heterocycles. The SMILES string of the molecule is C[C@@H]1CN(S(=O)(=O)c2cc(C(=O)Nc3cccc(-c4cnco4)c3)ccc2Cl)C[C@@H](C)O1. The van der Waals surface area contributed by atoms with Crippen LogP contribution in [0.25, 0.3) is 11.3 Å². The summed E-state index contributed by atoms with van der Waals surface area (Å²) >= 11 is 6.23. The van der Waals surface area contributed by atoms with Crippen molar-refractivity contribution in [3.8, 4) is 11.3 Å². The molecule has 0 spiro atoms. The Bertz CT molecular complexity index is 1220. The van der Waals surface area contributed by atoms with E-state index in [9.17, 15) is 13.2 Å². The lowest BCUT2D eigenvalue weighted by atomic mass is 10.1. The maximum atomic E-state index is 13.2. The number of benzene rings is 2. The minimum absolute atomic E-state index is 0.0562. The third-order valence-corrected chi connectivity index (χ3v) is 7.35. The van der Waals surface area contributed by atoms with Gasteiger partial charge >= 0.3 is 0 Å². The van der Waals surface area contributed by atoms with E-state index in [1.54, 1.807) is 24.4 Å². The van der Waals surface area contributed by atoms with Crippen LogP contribution >= 0.6 is 11.6 Å². The second kappa shape index (κ2) is 9.03. The van der Waals surface area contributed by atoms with Gasteiger partial charge in [-0.05, 0) is 44.2 Å². The van der Waals surface area contributed by atoms with Crippen molar-refractivity contribution < 1.29 is 22.4 Å². The first-order chi connectivity index (χ1) is 15.2. The number of nitrogens with one attached hydrogen (secondary N) is 1. The summed E-state index contributed by atoms with van der Waals surface area (Å²) in [4.78, 5) is 16.6. The quantitative estimate of drug-likeness (QED) is 0.597. The molecule has 1 saturated heterocycles. The third-order valence-electron chi connectivity index (χ3n) is 5.03. The highest BCUT2D eigenvalue weighted by molar-refractivity contribution is 7.89. The molecule has 1 aliphatic heterocycles. The van der Waals surface area contributed by atoms with Crippen molar-refractivity contribution in [2.24, 2.45) is 0 Å². The van der Waals surface area contributed by atoms with Crippen LogP contribution in [0.3, 0.4) is 0 Å². The van der Waals surface area contributed by atoms with E-state index in [4.69, 9.17) is 20.8 Å². The van der Waals surface area contributed by atoms with E-state index in [2.05, 4.69) is 10.3 Å². The number of rotatable bonds is 5. The highest BCUT2D eigenvalue weighted by Gasteiger charge is 2.33. The molecule has 32 heavy (non-hydrogen) atoms. The Morgan fingerprint density at radius 2 is 1.91 bits per heavy atom. The van der Waals surface area contributed by atoms with Gasteiger partial charge in [0.15, 0.2) is 12.2 Å². The molecule has 2 heterocycles. The van der Waals surface area contributed by atoms with Crippen molar-refractivity contribution in [1.29, 1.82) is 0 Å². The molecule has 2 aromatic carbocycles. The predicted molar refractivity (Wildman–Crippen MR) is 120 cm³/mol. The molecular formula is C22H22ClN3O5S. The molecule has 10 heteroatoms. The highest BCUT2D eigenvalue weighted by atomic mass is 35.5. The molecule has 8 nitrogen and oxygen atoms in total. The largest absolute Gasteiger partial charge is 0.444 e. The smallest absolute Gasteiger partial charge is 0.255 e. The zero-order valence-electron chi connectivity index (χ0n) is 17.5. The standard InChI is InChI=1S/C22H22ClN3O5S/c1-14-11-26(12-15(2)31-14)32(28,29)21-9-17(6-7-19(21)23)22(27)25-18-5-3-4-16(8-18)20-10-24-13-30-20/h3-10,13-15H,11-12H2,1-2H3,(H,25,27)/t14-,15-/m1/s1. The van der Waals surface area contributed by atoms with Crippen molar-refractivity contribution in [2.75, 3.05) is 18.4 Å². The Kier molecular flexibility index (Phi) is 6.34. The first-order valence-corrected chi connectivity index (χ1v) is 11.8. The van der Waals surface area contributed by atoms with E-state index in [0.29, 0.717) is 11.4 Å². The van der Waals surface area contributed by atoms with Gasteiger partial charge in [0, 0.05) is 29.9 Å². The van der Waals surface area contributed by atoms with Crippen LogP contribution in [0.5, 0.6) is 0 Å². The van der Waals surface area contributed by atoms with Crippen molar-refractivity contribution in [3.63, 3.8) is 0 Å². The lowest BCUT2D eigenvalue weighted by Crippen LogP contribution is -2.48. The molecule has 1 amide bonds. The van der Waals surface area contributed by atoms with Crippen molar-refractivity contribution in [2.45, 2.75) is 31.0 Å². The van der Waals surface area contributed by atoms with Crippen LogP contribution < -0.4 is 5.32 Å². The monoisotopic (exact) mass is 475 g/mol. The maximum absolute atomic E-state index is 13.2. The van der Waals surface area contributed by atoms with Crippen molar-refractivity contribution in [1.82, 2.24) is 9.29 Å². The topological polar surface area (TPSA) is 102 Å². The molecule has 1 aliphatic rings. The number of nitrogens with zero attached hydrogens (tertiary/aromatic N) is 2. The van der Waals surface area contributed by atoms with Crippen LogP contribution in [0.4, 0.5) is 5.69 Å². The van der Waals surface area contributed by atoms with E-state index in [0.717, 1.165) is 5.56 Å². The maximum Gasteiger partial charge on any atom is 0.255 e. The predicted octanol–water partition coefficient (Wildman–Crippen LogP) is 4.05. The minimum atomic E-state index is -3.90. The molecule has 3 aromatic rings. The molecular weight excluding hydrogens is 454 g/mol. The Morgan fingerprint density at radius 1 is 1.16 bits per heavy atom. The van der Waals surface area contributed by atoms with Crippen LogP contribution in [0.2, 0.25) is 5.02 Å². The van der Waals surface area contributed by atoms with Gasteiger partial charge in [-0.3, -0.25) is 4.79 Å². The molecule has 0 saturated carbocycles. The van der Waals surface area contributed by atoms with Gasteiger partial charge in [-0.15, -0.1) is 0 Å². The van der Waals surface area contributed by atoms with Crippen molar-refractivity contribution in [3.05, 3.63) is 65.6 Å². The number of hydrogen-bond donors (Lipinski definition) is 1. The number of amides is 1. The summed E-state index contributed by atoms with van der Waals surface area (Å²) in [6.07, 6.45) is 2.42. The molecule has 2 atom stereocenters. The molecule has 0 radical (unpaired) electrons. The van der Waals surface area contributed by atoms with E-state index >= 15 is 0 Å². The Morgan fingerprint density at radius 3 is 2.59 bits per heavy atom. The summed E-state index contributed by atoms with van der Waals surface area (Å²) in [6, 6.07) is 11.3. The zero-order chi connectivity index (χ0) is 22.9. The summed E-state index contributed by atoms with van der Waals surface area (Å²) in [5, 5.41) is 2.84. The number of aromatic nitrogens is 1. The summed E-state index contributed by atoms with van der Waals surface area (Å²) in [5.74, 6) is 0.103. The first kappa shape index (κ1) is 22.5. The number of oxazole rings is 1. The second-order valence-corrected chi connectivity index (χ2v) is 9.94. The average Bonchev–Trinajstić information content (AvgIpc) is 3.28. The third kappa shape index (κ3) is 4.71. The summed E-state index contributed by atoms with van der Waals surface area (Å²) in [5.41, 5.74) is 1.45. The zero-order valence-corrected chi connectivity index (χ0v) is 19.1. The van der Waals surface area contributed by atoms with Gasteiger partial charge in [0.2, 0.25) is 10.0 Å². The number of morpholine rings is 1. The van der Waals surface area contributed by atoms with Crippen LogP contribution in [-0.4, -0.2) is 48.9 Å². The number of sulfonamides is 1. The van der Waals surface area contributed by atoms with Gasteiger partial charge < -0.3 is 14.5 Å². The Labute approximate surface area is 191 Å².